The number of benzene rings is 3. The lowest BCUT2D eigenvalue weighted by atomic mass is 10.1. The van der Waals surface area contributed by atoms with Crippen LogP contribution >= 0.6 is 0 Å². The van der Waals surface area contributed by atoms with Crippen LogP contribution in [-0.4, -0.2) is 12.5 Å². The smallest absolute Gasteiger partial charge is 0.227 e. The summed E-state index contributed by atoms with van der Waals surface area (Å²) < 4.78 is 19.1. The monoisotopic (exact) mass is 349 g/mol. The maximum absolute atomic E-state index is 13.3. The van der Waals surface area contributed by atoms with Crippen LogP contribution in [0.15, 0.2) is 72.8 Å². The molecular weight excluding hydrogens is 329 g/mol. The molecule has 3 aromatic rings. The summed E-state index contributed by atoms with van der Waals surface area (Å²) in [5.41, 5.74) is 3.34. The predicted molar refractivity (Wildman–Crippen MR) is 102 cm³/mol. The van der Waals surface area contributed by atoms with Gasteiger partial charge in [0.1, 0.15) is 11.6 Å². The minimum absolute atomic E-state index is 0.180. The van der Waals surface area contributed by atoms with Crippen LogP contribution in [0.2, 0.25) is 0 Å². The number of para-hydroxylation sites is 1. The first-order valence-corrected chi connectivity index (χ1v) is 8.47. The molecule has 132 valence electrons. The molecule has 0 heterocycles. The van der Waals surface area contributed by atoms with Crippen LogP contribution in [0.1, 0.15) is 12.0 Å². The molecule has 0 aromatic heterocycles. The Morgan fingerprint density at radius 2 is 1.73 bits per heavy atom. The highest BCUT2D eigenvalue weighted by Gasteiger charge is 2.09. The van der Waals surface area contributed by atoms with Gasteiger partial charge in [0.05, 0.1) is 13.0 Å². The molecule has 0 bridgehead atoms. The maximum Gasteiger partial charge on any atom is 0.227 e. The third-order valence-corrected chi connectivity index (χ3v) is 4.03. The lowest BCUT2D eigenvalue weighted by molar-refractivity contribution is -0.116. The van der Waals surface area contributed by atoms with Gasteiger partial charge in [-0.25, -0.2) is 4.39 Å². The van der Waals surface area contributed by atoms with Gasteiger partial charge in [0.15, 0.2) is 0 Å². The van der Waals surface area contributed by atoms with Crippen LogP contribution in [-0.2, 0) is 4.79 Å². The van der Waals surface area contributed by atoms with E-state index in [1.165, 1.54) is 12.1 Å². The Bertz CT molecular complexity index is 894. The van der Waals surface area contributed by atoms with Crippen molar-refractivity contribution in [3.05, 3.63) is 84.2 Å². The average Bonchev–Trinajstić information content (AvgIpc) is 2.66. The molecule has 0 unspecified atom stereocenters. The van der Waals surface area contributed by atoms with Crippen LogP contribution < -0.4 is 10.1 Å². The van der Waals surface area contributed by atoms with E-state index in [2.05, 4.69) is 5.32 Å². The molecule has 0 radical (unpaired) electrons. The summed E-state index contributed by atoms with van der Waals surface area (Å²) in [6.45, 7) is 2.06. The normalized spacial score (nSPS) is 10.4. The van der Waals surface area contributed by atoms with Crippen LogP contribution in [0, 0.1) is 12.7 Å². The van der Waals surface area contributed by atoms with Crippen LogP contribution in [0.25, 0.3) is 11.1 Å². The van der Waals surface area contributed by atoms with Crippen molar-refractivity contribution >= 4 is 11.6 Å². The van der Waals surface area contributed by atoms with Gasteiger partial charge in [-0.3, -0.25) is 4.79 Å². The molecule has 0 spiro atoms. The second-order valence-electron chi connectivity index (χ2n) is 5.97. The highest BCUT2D eigenvalue weighted by Crippen LogP contribution is 2.29. The minimum atomic E-state index is -0.376. The molecule has 0 saturated carbocycles. The summed E-state index contributed by atoms with van der Waals surface area (Å²) in [4.78, 5) is 12.1. The first kappa shape index (κ1) is 17.7. The van der Waals surface area contributed by atoms with Gasteiger partial charge in [-0.15, -0.1) is 0 Å². The fourth-order valence-corrected chi connectivity index (χ4v) is 2.64. The molecule has 3 rings (SSSR count). The number of ether oxygens (including phenoxy) is 1. The zero-order chi connectivity index (χ0) is 18.4. The topological polar surface area (TPSA) is 38.3 Å². The number of carbonyl (C=O) groups is 1. The lowest BCUT2D eigenvalue weighted by Crippen LogP contribution is -2.16. The van der Waals surface area contributed by atoms with E-state index in [9.17, 15) is 9.18 Å². The number of nitrogens with one attached hydrogen (secondary N) is 1. The third-order valence-electron chi connectivity index (χ3n) is 4.03. The van der Waals surface area contributed by atoms with Crippen molar-refractivity contribution in [3.63, 3.8) is 0 Å². The van der Waals surface area contributed by atoms with Gasteiger partial charge in [-0.05, 0) is 36.2 Å². The average molecular weight is 349 g/mol. The van der Waals surface area contributed by atoms with Crippen molar-refractivity contribution in [1.82, 2.24) is 0 Å². The molecule has 0 aliphatic heterocycles. The summed E-state index contributed by atoms with van der Waals surface area (Å²) >= 11 is 0. The Hall–Kier alpha value is -3.14. The number of carbonyl (C=O) groups excluding carboxylic acids is 1. The summed E-state index contributed by atoms with van der Waals surface area (Å²) in [6.07, 6.45) is 0.180. The van der Waals surface area contributed by atoms with E-state index >= 15 is 0 Å². The summed E-state index contributed by atoms with van der Waals surface area (Å²) in [6, 6.07) is 22.0. The molecule has 3 aromatic carbocycles. The standard InChI is InChI=1S/C22H20FNO2/c1-16-11-12-18(23)15-20(16)24-22(25)13-14-26-21-10-6-5-9-19(21)17-7-3-2-4-8-17/h2-12,15H,13-14H2,1H3,(H,24,25). The van der Waals surface area contributed by atoms with Crippen LogP contribution in [0.3, 0.4) is 0 Å². The molecule has 0 atom stereocenters. The Balaban J connectivity index is 1.60. The fourth-order valence-electron chi connectivity index (χ4n) is 2.64. The summed E-state index contributed by atoms with van der Waals surface area (Å²) in [5, 5.41) is 2.72. The molecule has 4 heteroatoms. The number of aryl methyl sites for hydroxylation is 1. The Kier molecular flexibility index (Phi) is 5.64. The minimum Gasteiger partial charge on any atom is -0.492 e. The van der Waals surface area contributed by atoms with Gasteiger partial charge in [-0.2, -0.15) is 0 Å². The van der Waals surface area contributed by atoms with Crippen molar-refractivity contribution in [1.29, 1.82) is 0 Å². The first-order valence-electron chi connectivity index (χ1n) is 8.47. The van der Waals surface area contributed by atoms with Crippen molar-refractivity contribution < 1.29 is 13.9 Å². The zero-order valence-corrected chi connectivity index (χ0v) is 14.5. The molecule has 3 nitrogen and oxygen atoms in total. The Labute approximate surface area is 152 Å². The number of rotatable bonds is 6. The van der Waals surface area contributed by atoms with E-state index in [0.29, 0.717) is 5.69 Å². The molecule has 1 N–H and O–H groups in total. The SMILES string of the molecule is Cc1ccc(F)cc1NC(=O)CCOc1ccccc1-c1ccccc1. The van der Waals surface area contributed by atoms with Crippen molar-refractivity contribution in [2.75, 3.05) is 11.9 Å². The largest absolute Gasteiger partial charge is 0.492 e. The molecule has 0 aliphatic carbocycles. The summed E-state index contributed by atoms with van der Waals surface area (Å²) in [7, 11) is 0. The first-order chi connectivity index (χ1) is 12.6. The van der Waals surface area contributed by atoms with E-state index < -0.39 is 0 Å². The highest BCUT2D eigenvalue weighted by molar-refractivity contribution is 5.91. The van der Waals surface area contributed by atoms with Crippen LogP contribution in [0.4, 0.5) is 10.1 Å². The Morgan fingerprint density at radius 1 is 1.00 bits per heavy atom. The van der Waals surface area contributed by atoms with E-state index in [0.717, 1.165) is 22.4 Å². The van der Waals surface area contributed by atoms with E-state index in [4.69, 9.17) is 4.74 Å². The Morgan fingerprint density at radius 3 is 2.54 bits per heavy atom. The van der Waals surface area contributed by atoms with Gasteiger partial charge in [-0.1, -0.05) is 54.6 Å². The van der Waals surface area contributed by atoms with Gasteiger partial charge in [0.2, 0.25) is 5.91 Å². The molecule has 0 fully saturated rings. The second kappa shape index (κ2) is 8.30. The zero-order valence-electron chi connectivity index (χ0n) is 14.5. The predicted octanol–water partition coefficient (Wildman–Crippen LogP) is 5.21. The van der Waals surface area contributed by atoms with E-state index in [1.807, 2.05) is 61.5 Å². The molecular formula is C22H20FNO2. The number of amides is 1. The highest BCUT2D eigenvalue weighted by atomic mass is 19.1. The molecule has 1 amide bonds. The molecule has 26 heavy (non-hydrogen) atoms. The van der Waals surface area contributed by atoms with Crippen molar-refractivity contribution in [3.8, 4) is 16.9 Å². The number of hydrogen-bond donors (Lipinski definition) is 1. The number of halogens is 1. The molecule has 0 saturated heterocycles. The van der Waals surface area contributed by atoms with Gasteiger partial charge >= 0.3 is 0 Å². The van der Waals surface area contributed by atoms with Gasteiger partial charge in [0, 0.05) is 11.3 Å². The van der Waals surface area contributed by atoms with Crippen molar-refractivity contribution in [2.24, 2.45) is 0 Å². The van der Waals surface area contributed by atoms with Crippen LogP contribution in [0.5, 0.6) is 5.75 Å². The fraction of sp³-hybridized carbons (Fsp3) is 0.136. The number of hydrogen-bond acceptors (Lipinski definition) is 2. The number of anilines is 1. The second-order valence-corrected chi connectivity index (χ2v) is 5.97. The van der Waals surface area contributed by atoms with Gasteiger partial charge in [0.25, 0.3) is 0 Å². The quantitative estimate of drug-likeness (QED) is 0.663. The maximum atomic E-state index is 13.3. The van der Waals surface area contributed by atoms with Crippen molar-refractivity contribution in [2.45, 2.75) is 13.3 Å². The lowest BCUT2D eigenvalue weighted by Gasteiger charge is -2.12. The third kappa shape index (κ3) is 4.48. The van der Waals surface area contributed by atoms with E-state index in [1.54, 1.807) is 6.07 Å². The molecule has 0 aliphatic rings. The summed E-state index contributed by atoms with van der Waals surface area (Å²) in [5.74, 6) is 0.142. The van der Waals surface area contributed by atoms with Gasteiger partial charge < -0.3 is 10.1 Å². The van der Waals surface area contributed by atoms with E-state index in [-0.39, 0.29) is 24.8 Å².